The number of amides is 1. The first kappa shape index (κ1) is 24.8. The van der Waals surface area contributed by atoms with Crippen LogP contribution in [0, 0.1) is 0 Å². The Bertz CT molecular complexity index is 1240. The minimum Gasteiger partial charge on any atom is -0.403 e. The number of carbonyl (C=O) groups excluding carboxylic acids is 1. The van der Waals surface area contributed by atoms with E-state index in [0.29, 0.717) is 5.82 Å². The number of fused-ring (bicyclic) bond motifs is 1. The SMILES string of the molecule is BC1(B)OC(B)(B)C(B)(B)N(CC(=O)Nc2cc3cc(-c4cnn(C)c4)ccc3nn2)C1(B)B. The summed E-state index contributed by atoms with van der Waals surface area (Å²) in [5, 5.41) is 15.0. The van der Waals surface area contributed by atoms with Crippen LogP contribution in [-0.4, -0.2) is 122 Å². The molecule has 1 aliphatic rings. The summed E-state index contributed by atoms with van der Waals surface area (Å²) in [5.74, 6) is 0.301. The zero-order chi connectivity index (χ0) is 25.1. The van der Waals surface area contributed by atoms with Gasteiger partial charge >= 0.3 is 0 Å². The molecule has 3 heterocycles. The number of anilines is 1. The van der Waals surface area contributed by atoms with Crippen LogP contribution < -0.4 is 5.32 Å². The summed E-state index contributed by atoms with van der Waals surface area (Å²) in [7, 11) is 18.8. The number of ether oxygens (including phenoxy) is 1. The van der Waals surface area contributed by atoms with E-state index in [1.54, 1.807) is 4.68 Å². The molecule has 8 nitrogen and oxygen atoms in total. The summed E-state index contributed by atoms with van der Waals surface area (Å²) in [6.45, 7) is 0.214. The van der Waals surface area contributed by atoms with Gasteiger partial charge in [-0.25, -0.2) is 0 Å². The van der Waals surface area contributed by atoms with Crippen LogP contribution in [0.1, 0.15) is 0 Å². The molecule has 0 unspecified atom stereocenters. The maximum atomic E-state index is 13.2. The molecular formula is C18H28B8N6O2. The molecule has 3 aromatic rings. The van der Waals surface area contributed by atoms with Gasteiger partial charge in [0.1, 0.15) is 62.8 Å². The summed E-state index contributed by atoms with van der Waals surface area (Å²) in [4.78, 5) is 15.5. The van der Waals surface area contributed by atoms with Crippen molar-refractivity contribution in [2.24, 2.45) is 7.05 Å². The number of hydrogen-bond donors (Lipinski definition) is 1. The van der Waals surface area contributed by atoms with Crippen LogP contribution in [0.25, 0.3) is 22.0 Å². The third-order valence-electron chi connectivity index (χ3n) is 8.00. The number of rotatable bonds is 4. The van der Waals surface area contributed by atoms with E-state index in [1.807, 2.05) is 43.7 Å². The molecule has 34 heavy (non-hydrogen) atoms. The average Bonchev–Trinajstić information content (AvgIpc) is 3.16. The van der Waals surface area contributed by atoms with E-state index in [1.165, 1.54) is 0 Å². The Morgan fingerprint density at radius 3 is 2.21 bits per heavy atom. The molecular weight excluding hydrogens is 419 g/mol. The van der Waals surface area contributed by atoms with E-state index < -0.39 is 10.8 Å². The Hall–Kier alpha value is -2.32. The Kier molecular flexibility index (Phi) is 5.92. The normalized spacial score (nSPS) is 20.6. The van der Waals surface area contributed by atoms with E-state index in [-0.39, 0.29) is 23.1 Å². The maximum Gasteiger partial charge on any atom is 0.239 e. The molecule has 0 aliphatic carbocycles. The van der Waals surface area contributed by atoms with Gasteiger partial charge in [0.2, 0.25) is 5.91 Å². The van der Waals surface area contributed by atoms with E-state index >= 15 is 0 Å². The standard InChI is InChI=1S/C18H28B8N6O2/c1-31-7-11(6-27-31)9-2-3-12-10(4-9)5-13(30-29-12)28-14(33)8-32-15(19,20)17(23,24)34-18(25,26)16(32,21)22/h2-7H,8,19-26H2,1H3,(H,28,30,33). The van der Waals surface area contributed by atoms with Crippen LogP contribution in [-0.2, 0) is 16.6 Å². The number of aromatic nitrogens is 4. The second-order valence-corrected chi connectivity index (χ2v) is 11.3. The first-order valence-corrected chi connectivity index (χ1v) is 11.7. The first-order valence-electron chi connectivity index (χ1n) is 11.7. The van der Waals surface area contributed by atoms with Crippen LogP contribution in [0.3, 0.4) is 0 Å². The van der Waals surface area contributed by atoms with Crippen molar-refractivity contribution < 1.29 is 9.53 Å². The summed E-state index contributed by atoms with van der Waals surface area (Å²) in [6, 6.07) is 7.83. The minimum absolute atomic E-state index is 0.133. The van der Waals surface area contributed by atoms with Gasteiger partial charge in [-0.2, -0.15) is 5.10 Å². The molecule has 166 valence electrons. The Balaban J connectivity index is 1.58. The van der Waals surface area contributed by atoms with Crippen LogP contribution in [0.2, 0.25) is 0 Å². The monoisotopic (exact) mass is 448 g/mol. The number of nitrogens with one attached hydrogen (secondary N) is 1. The smallest absolute Gasteiger partial charge is 0.239 e. The molecule has 16 heteroatoms. The molecule has 0 radical (unpaired) electrons. The van der Waals surface area contributed by atoms with Gasteiger partial charge in [-0.3, -0.25) is 9.48 Å². The summed E-state index contributed by atoms with van der Waals surface area (Å²) in [6.07, 6.45) is 3.79. The van der Waals surface area contributed by atoms with Crippen LogP contribution in [0.5, 0.6) is 0 Å². The number of aryl methyl sites for hydroxylation is 1. The number of hydrogen-bond acceptors (Lipinski definition) is 6. The minimum atomic E-state index is -0.447. The zero-order valence-corrected chi connectivity index (χ0v) is 21.7. The third-order valence-corrected chi connectivity index (χ3v) is 8.00. The van der Waals surface area contributed by atoms with Gasteiger partial charge in [-0.15, -0.1) is 10.2 Å². The molecule has 1 N–H and O–H groups in total. The van der Waals surface area contributed by atoms with Crippen LogP contribution >= 0.6 is 0 Å². The molecule has 1 aliphatic heterocycles. The highest BCUT2D eigenvalue weighted by molar-refractivity contribution is 6.59. The second-order valence-electron chi connectivity index (χ2n) is 11.3. The third kappa shape index (κ3) is 4.15. The number of morpholine rings is 1. The summed E-state index contributed by atoms with van der Waals surface area (Å²) in [5.41, 5.74) is 2.82. The van der Waals surface area contributed by atoms with Gasteiger partial charge in [0.15, 0.2) is 5.82 Å². The first-order chi connectivity index (χ1) is 15.6. The highest BCUT2D eigenvalue weighted by Gasteiger charge is 2.58. The van der Waals surface area contributed by atoms with Crippen LogP contribution in [0.15, 0.2) is 36.7 Å². The number of carbonyl (C=O) groups is 1. The van der Waals surface area contributed by atoms with Gasteiger partial charge < -0.3 is 15.0 Å². The largest absolute Gasteiger partial charge is 0.403 e. The lowest BCUT2D eigenvalue weighted by molar-refractivity contribution is -0.131. The quantitative estimate of drug-likeness (QED) is 0.401. The van der Waals surface area contributed by atoms with Crippen molar-refractivity contribution in [1.29, 1.82) is 0 Å². The van der Waals surface area contributed by atoms with Crippen molar-refractivity contribution >= 4 is 85.4 Å². The van der Waals surface area contributed by atoms with E-state index in [2.05, 4.69) is 88.3 Å². The van der Waals surface area contributed by atoms with Gasteiger partial charge in [0.25, 0.3) is 0 Å². The van der Waals surface area contributed by atoms with Gasteiger partial charge in [-0.05, 0) is 34.4 Å². The van der Waals surface area contributed by atoms with Gasteiger partial charge in [0.05, 0.1) is 18.3 Å². The zero-order valence-electron chi connectivity index (χ0n) is 21.7. The van der Waals surface area contributed by atoms with Crippen molar-refractivity contribution in [3.63, 3.8) is 0 Å². The summed E-state index contributed by atoms with van der Waals surface area (Å²) >= 11 is 0. The molecule has 0 spiro atoms. The van der Waals surface area contributed by atoms with Crippen molar-refractivity contribution in [2.45, 2.75) is 21.5 Å². The fourth-order valence-corrected chi connectivity index (χ4v) is 4.81. The molecule has 2 aromatic heterocycles. The Labute approximate surface area is 208 Å². The van der Waals surface area contributed by atoms with Crippen molar-refractivity contribution in [2.75, 3.05) is 11.9 Å². The maximum absolute atomic E-state index is 13.2. The predicted octanol–water partition coefficient (Wildman–Crippen LogP) is -7.02. The molecule has 1 saturated heterocycles. The Morgan fingerprint density at radius 2 is 1.62 bits per heavy atom. The highest BCUT2D eigenvalue weighted by atomic mass is 16.5. The van der Waals surface area contributed by atoms with Crippen LogP contribution in [0.4, 0.5) is 5.82 Å². The number of nitrogens with zero attached hydrogens (tertiary/aromatic N) is 5. The molecule has 0 saturated carbocycles. The highest BCUT2D eigenvalue weighted by Crippen LogP contribution is 2.39. The molecule has 0 bridgehead atoms. The molecule has 4 rings (SSSR count). The fourth-order valence-electron chi connectivity index (χ4n) is 4.81. The fraction of sp³-hybridized carbons (Fsp3) is 0.333. The van der Waals surface area contributed by atoms with Gasteiger partial charge in [0, 0.05) is 35.0 Å². The molecule has 1 fully saturated rings. The average molecular weight is 447 g/mol. The molecule has 0 atom stereocenters. The van der Waals surface area contributed by atoms with Gasteiger partial charge in [-0.1, -0.05) is 6.07 Å². The number of benzene rings is 1. The van der Waals surface area contributed by atoms with E-state index in [0.717, 1.165) is 22.0 Å². The van der Waals surface area contributed by atoms with Crippen molar-refractivity contribution in [1.82, 2.24) is 24.9 Å². The predicted molar refractivity (Wildman–Crippen MR) is 157 cm³/mol. The second kappa shape index (κ2) is 8.12. The Morgan fingerprint density at radius 1 is 0.971 bits per heavy atom. The lowest BCUT2D eigenvalue weighted by Crippen LogP contribution is -2.86. The summed E-state index contributed by atoms with van der Waals surface area (Å²) < 4.78 is 8.29. The lowest BCUT2D eigenvalue weighted by Gasteiger charge is -2.68. The molecule has 1 aromatic carbocycles. The van der Waals surface area contributed by atoms with E-state index in [4.69, 9.17) is 4.74 Å². The lowest BCUT2D eigenvalue weighted by atomic mass is 9.30. The van der Waals surface area contributed by atoms with Crippen molar-refractivity contribution in [3.05, 3.63) is 36.7 Å². The van der Waals surface area contributed by atoms with Crippen molar-refractivity contribution in [3.8, 4) is 11.1 Å². The topological polar surface area (TPSA) is 85.2 Å². The molecule has 1 amide bonds. The van der Waals surface area contributed by atoms with E-state index in [9.17, 15) is 4.79 Å².